The van der Waals surface area contributed by atoms with E-state index < -0.39 is 12.0 Å². The molecular formula is C23H28N4O3S. The number of carbonyl (C=O) groups is 2. The maximum atomic E-state index is 12.6. The van der Waals surface area contributed by atoms with Crippen molar-refractivity contribution in [3.05, 3.63) is 63.0 Å². The minimum absolute atomic E-state index is 0.296. The number of carbonyl (C=O) groups excluding carboxylic acids is 2. The Kier molecular flexibility index (Phi) is 6.29. The van der Waals surface area contributed by atoms with E-state index in [2.05, 4.69) is 52.5 Å². The molecule has 3 heterocycles. The summed E-state index contributed by atoms with van der Waals surface area (Å²) in [5.74, 6) is -0.421. The zero-order chi connectivity index (χ0) is 22.0. The first-order valence-corrected chi connectivity index (χ1v) is 11.3. The van der Waals surface area contributed by atoms with Gasteiger partial charge in [-0.15, -0.1) is 11.3 Å². The van der Waals surface area contributed by atoms with E-state index >= 15 is 0 Å². The molecule has 1 aromatic heterocycles. The number of urea groups is 1. The van der Waals surface area contributed by atoms with Gasteiger partial charge in [-0.05, 0) is 42.5 Å². The van der Waals surface area contributed by atoms with Gasteiger partial charge in [0.05, 0.1) is 18.7 Å². The summed E-state index contributed by atoms with van der Waals surface area (Å²) in [6, 6.07) is 9.46. The van der Waals surface area contributed by atoms with Gasteiger partial charge in [-0.3, -0.25) is 4.90 Å². The normalized spacial score (nSPS) is 19.8. The summed E-state index contributed by atoms with van der Waals surface area (Å²) in [4.78, 5) is 30.6. The van der Waals surface area contributed by atoms with Gasteiger partial charge in [0.25, 0.3) is 0 Å². The third kappa shape index (κ3) is 4.45. The molecule has 8 heteroatoms. The number of esters is 1. The maximum absolute atomic E-state index is 12.6. The summed E-state index contributed by atoms with van der Waals surface area (Å²) in [6.07, 6.45) is 0. The van der Waals surface area contributed by atoms with Gasteiger partial charge in [0.15, 0.2) is 0 Å². The van der Waals surface area contributed by atoms with Crippen molar-refractivity contribution >= 4 is 29.0 Å². The smallest absolute Gasteiger partial charge is 0.338 e. The van der Waals surface area contributed by atoms with Crippen LogP contribution in [0.2, 0.25) is 0 Å². The summed E-state index contributed by atoms with van der Waals surface area (Å²) in [5.41, 5.74) is 4.98. The van der Waals surface area contributed by atoms with E-state index in [1.165, 1.54) is 35.3 Å². The Morgan fingerprint density at radius 1 is 1.16 bits per heavy atom. The first kappa shape index (κ1) is 21.4. The van der Waals surface area contributed by atoms with Crippen molar-refractivity contribution in [1.82, 2.24) is 15.5 Å². The van der Waals surface area contributed by atoms with E-state index in [-0.39, 0.29) is 6.03 Å². The van der Waals surface area contributed by atoms with Crippen molar-refractivity contribution < 1.29 is 14.3 Å². The molecule has 1 fully saturated rings. The number of methoxy groups -OCH3 is 1. The highest BCUT2D eigenvalue weighted by atomic mass is 32.1. The fraction of sp³-hybridized carbons (Fsp3) is 0.391. The molecule has 2 amide bonds. The highest BCUT2D eigenvalue weighted by Gasteiger charge is 2.35. The number of nitrogens with zero attached hydrogens (tertiary/aromatic N) is 2. The summed E-state index contributed by atoms with van der Waals surface area (Å²) < 4.78 is 5.06. The van der Waals surface area contributed by atoms with Crippen molar-refractivity contribution in [2.45, 2.75) is 19.9 Å². The Balaban J connectivity index is 1.52. The standard InChI is InChI=1S/C23H28N4O3S/c1-15-6-4-7-18(16(15)2)27-11-9-26(10-12-27)14-17-20(22(28)30-3)21(25-23(29)24-17)19-8-5-13-31-19/h4-8,13,21H,9-12,14H2,1-3H3,(H2,24,25,29)/t21-/m0/s1. The van der Waals surface area contributed by atoms with Crippen molar-refractivity contribution in [2.75, 3.05) is 44.7 Å². The molecule has 0 bridgehead atoms. The van der Waals surface area contributed by atoms with Crippen molar-refractivity contribution in [3.8, 4) is 0 Å². The van der Waals surface area contributed by atoms with Crippen LogP contribution in [0.1, 0.15) is 22.0 Å². The van der Waals surface area contributed by atoms with E-state index in [0.717, 1.165) is 31.1 Å². The third-order valence-electron chi connectivity index (χ3n) is 6.06. The van der Waals surface area contributed by atoms with Crippen molar-refractivity contribution in [1.29, 1.82) is 0 Å². The van der Waals surface area contributed by atoms with E-state index in [9.17, 15) is 9.59 Å². The number of anilines is 1. The van der Waals surface area contributed by atoms with Gasteiger partial charge in [0.1, 0.15) is 0 Å². The lowest BCUT2D eigenvalue weighted by Gasteiger charge is -2.38. The number of amides is 2. The van der Waals surface area contributed by atoms with Crippen LogP contribution in [0.25, 0.3) is 0 Å². The van der Waals surface area contributed by atoms with Gasteiger partial charge >= 0.3 is 12.0 Å². The Morgan fingerprint density at radius 2 is 1.94 bits per heavy atom. The Morgan fingerprint density at radius 3 is 2.61 bits per heavy atom. The molecule has 0 spiro atoms. The number of piperazine rings is 1. The van der Waals surface area contributed by atoms with Crippen LogP contribution in [-0.2, 0) is 9.53 Å². The minimum Gasteiger partial charge on any atom is -0.466 e. The summed E-state index contributed by atoms with van der Waals surface area (Å²) in [7, 11) is 1.37. The monoisotopic (exact) mass is 440 g/mol. The number of rotatable bonds is 5. The largest absolute Gasteiger partial charge is 0.466 e. The minimum atomic E-state index is -0.493. The van der Waals surface area contributed by atoms with E-state index in [4.69, 9.17) is 4.74 Å². The van der Waals surface area contributed by atoms with Gasteiger partial charge in [0, 0.05) is 49.0 Å². The number of hydrogen-bond donors (Lipinski definition) is 2. The second-order valence-electron chi connectivity index (χ2n) is 7.91. The second kappa shape index (κ2) is 9.11. The molecular weight excluding hydrogens is 412 g/mol. The van der Waals surface area contributed by atoms with Crippen LogP contribution in [0.15, 0.2) is 47.0 Å². The Labute approximate surface area is 186 Å². The van der Waals surface area contributed by atoms with Gasteiger partial charge in [0.2, 0.25) is 0 Å². The number of hydrogen-bond acceptors (Lipinski definition) is 6. The second-order valence-corrected chi connectivity index (χ2v) is 8.89. The number of thiophene rings is 1. The maximum Gasteiger partial charge on any atom is 0.338 e. The van der Waals surface area contributed by atoms with Crippen LogP contribution in [0.4, 0.5) is 10.5 Å². The molecule has 1 atom stereocenters. The molecule has 2 aliphatic rings. The van der Waals surface area contributed by atoms with Gasteiger partial charge in [-0.25, -0.2) is 9.59 Å². The highest BCUT2D eigenvalue weighted by molar-refractivity contribution is 7.10. The van der Waals surface area contributed by atoms with E-state index in [0.29, 0.717) is 17.8 Å². The third-order valence-corrected chi connectivity index (χ3v) is 6.99. The molecule has 4 rings (SSSR count). The van der Waals surface area contributed by atoms with Crippen LogP contribution in [0, 0.1) is 13.8 Å². The first-order valence-electron chi connectivity index (χ1n) is 10.4. The fourth-order valence-electron chi connectivity index (χ4n) is 4.21. The van der Waals surface area contributed by atoms with E-state index in [1.807, 2.05) is 17.5 Å². The summed E-state index contributed by atoms with van der Waals surface area (Å²) in [6.45, 7) is 8.29. The predicted octanol–water partition coefficient (Wildman–Crippen LogP) is 2.97. The summed E-state index contributed by atoms with van der Waals surface area (Å²) >= 11 is 1.51. The average molecular weight is 441 g/mol. The summed E-state index contributed by atoms with van der Waals surface area (Å²) in [5, 5.41) is 7.66. The van der Waals surface area contributed by atoms with Gasteiger partial charge in [-0.1, -0.05) is 18.2 Å². The highest BCUT2D eigenvalue weighted by Crippen LogP contribution is 2.31. The predicted molar refractivity (Wildman–Crippen MR) is 122 cm³/mol. The molecule has 0 unspecified atom stereocenters. The lowest BCUT2D eigenvalue weighted by atomic mass is 10.0. The Bertz CT molecular complexity index is 994. The quantitative estimate of drug-likeness (QED) is 0.700. The molecule has 1 saturated heterocycles. The zero-order valence-corrected chi connectivity index (χ0v) is 18.9. The fourth-order valence-corrected chi connectivity index (χ4v) is 5.00. The molecule has 164 valence electrons. The van der Waals surface area contributed by atoms with Gasteiger partial charge < -0.3 is 20.3 Å². The number of nitrogens with one attached hydrogen (secondary N) is 2. The van der Waals surface area contributed by atoms with Crippen molar-refractivity contribution in [3.63, 3.8) is 0 Å². The lowest BCUT2D eigenvalue weighted by Crippen LogP contribution is -2.51. The van der Waals surface area contributed by atoms with Gasteiger partial charge in [-0.2, -0.15) is 0 Å². The number of benzene rings is 1. The number of aryl methyl sites for hydroxylation is 1. The molecule has 31 heavy (non-hydrogen) atoms. The van der Waals surface area contributed by atoms with Crippen molar-refractivity contribution in [2.24, 2.45) is 0 Å². The zero-order valence-electron chi connectivity index (χ0n) is 18.1. The topological polar surface area (TPSA) is 73.9 Å². The number of ether oxygens (including phenoxy) is 1. The molecule has 2 aliphatic heterocycles. The molecule has 2 aromatic rings. The first-order chi connectivity index (χ1) is 15.0. The lowest BCUT2D eigenvalue weighted by molar-refractivity contribution is -0.136. The molecule has 0 radical (unpaired) electrons. The Hall–Kier alpha value is -2.84. The molecule has 2 N–H and O–H groups in total. The average Bonchev–Trinajstić information content (AvgIpc) is 3.30. The van der Waals surface area contributed by atoms with Crippen LogP contribution >= 0.6 is 11.3 Å². The molecule has 1 aromatic carbocycles. The molecule has 0 aliphatic carbocycles. The van der Waals surface area contributed by atoms with Crippen LogP contribution < -0.4 is 15.5 Å². The molecule has 0 saturated carbocycles. The molecule has 7 nitrogen and oxygen atoms in total. The SMILES string of the molecule is COC(=O)C1=C(CN2CCN(c3cccc(C)c3C)CC2)NC(=O)N[C@H]1c1cccs1. The van der Waals surface area contributed by atoms with E-state index in [1.54, 1.807) is 0 Å². The van der Waals surface area contributed by atoms with Crippen LogP contribution in [0.3, 0.4) is 0 Å². The van der Waals surface area contributed by atoms with Crippen LogP contribution in [0.5, 0.6) is 0 Å². The van der Waals surface area contributed by atoms with Crippen LogP contribution in [-0.4, -0.2) is 56.7 Å².